The molecule has 4 heterocycles. The molecule has 2 aliphatic rings. The second-order valence-corrected chi connectivity index (χ2v) is 8.04. The van der Waals surface area contributed by atoms with Crippen LogP contribution in [0.25, 0.3) is 11.2 Å². The predicted octanol–water partition coefficient (Wildman–Crippen LogP) is 2.96. The normalized spacial score (nSPS) is 19.5. The van der Waals surface area contributed by atoms with Crippen LogP contribution < -0.4 is 10.6 Å². The molecule has 1 amide bonds. The summed E-state index contributed by atoms with van der Waals surface area (Å²) in [4.78, 5) is 21.7. The number of hydrogen-bond donors (Lipinski definition) is 2. The molecule has 2 aromatic heterocycles. The number of aromatic nitrogens is 3. The molecule has 2 fully saturated rings. The molecular formula is C22H27Cl2N5O2. The van der Waals surface area contributed by atoms with E-state index in [2.05, 4.69) is 32.7 Å². The predicted molar refractivity (Wildman–Crippen MR) is 124 cm³/mol. The van der Waals surface area contributed by atoms with Crippen molar-refractivity contribution in [3.63, 3.8) is 0 Å². The second kappa shape index (κ2) is 9.96. The van der Waals surface area contributed by atoms with Crippen molar-refractivity contribution < 1.29 is 9.53 Å². The van der Waals surface area contributed by atoms with Gasteiger partial charge in [-0.25, -0.2) is 9.97 Å². The molecule has 31 heavy (non-hydrogen) atoms. The van der Waals surface area contributed by atoms with Crippen LogP contribution in [-0.4, -0.2) is 51.8 Å². The minimum atomic E-state index is -0.114. The van der Waals surface area contributed by atoms with Crippen molar-refractivity contribution in [2.45, 2.75) is 37.5 Å². The highest BCUT2D eigenvalue weighted by atomic mass is 35.5. The lowest BCUT2D eigenvalue weighted by molar-refractivity contribution is -0.0194. The summed E-state index contributed by atoms with van der Waals surface area (Å²) in [5.41, 5.74) is 3.16. The zero-order valence-corrected chi connectivity index (χ0v) is 18.8. The van der Waals surface area contributed by atoms with Crippen molar-refractivity contribution in [3.8, 4) is 0 Å². The second-order valence-electron chi connectivity index (χ2n) is 8.04. The lowest BCUT2D eigenvalue weighted by Gasteiger charge is -2.32. The minimum absolute atomic E-state index is 0. The molecule has 7 nitrogen and oxygen atoms in total. The van der Waals surface area contributed by atoms with Crippen LogP contribution in [0.3, 0.4) is 0 Å². The van der Waals surface area contributed by atoms with Crippen LogP contribution in [0.2, 0.25) is 0 Å². The fourth-order valence-corrected chi connectivity index (χ4v) is 4.41. The van der Waals surface area contributed by atoms with Crippen LogP contribution >= 0.6 is 24.8 Å². The average molecular weight is 464 g/mol. The minimum Gasteiger partial charge on any atom is -0.373 e. The van der Waals surface area contributed by atoms with Crippen molar-refractivity contribution >= 4 is 41.9 Å². The van der Waals surface area contributed by atoms with Crippen LogP contribution in [0, 0.1) is 0 Å². The summed E-state index contributed by atoms with van der Waals surface area (Å²) in [6.07, 6.45) is 6.30. The van der Waals surface area contributed by atoms with Crippen LogP contribution in [0.1, 0.15) is 35.2 Å². The Morgan fingerprint density at radius 1 is 1.19 bits per heavy atom. The topological polar surface area (TPSA) is 81.1 Å². The van der Waals surface area contributed by atoms with Gasteiger partial charge in [-0.2, -0.15) is 0 Å². The molecule has 2 aliphatic heterocycles. The van der Waals surface area contributed by atoms with Gasteiger partial charge in [-0.1, -0.05) is 30.3 Å². The number of pyridine rings is 1. The molecule has 0 saturated carbocycles. The van der Waals surface area contributed by atoms with Gasteiger partial charge in [0.15, 0.2) is 5.65 Å². The molecule has 1 spiro atoms. The number of benzene rings is 1. The number of imidazole rings is 1. The van der Waals surface area contributed by atoms with E-state index in [1.54, 1.807) is 12.5 Å². The maximum absolute atomic E-state index is 12.8. The standard InChI is InChI=1S/C22H25N5O2.2ClH/c28-21(26-18-11-22(29-14-18)6-8-23-9-7-22)17-10-19-20(24-12-17)27(15-25-19)13-16-4-2-1-3-5-16;;/h1-5,10,12,15,18,23H,6-9,11,13-14H2,(H,26,28);2*1H. The molecule has 9 heteroatoms. The maximum Gasteiger partial charge on any atom is 0.253 e. The molecule has 2 N–H and O–H groups in total. The van der Waals surface area contributed by atoms with E-state index >= 15 is 0 Å². The first-order valence-electron chi connectivity index (χ1n) is 10.2. The molecule has 3 aromatic rings. The Morgan fingerprint density at radius 3 is 2.74 bits per heavy atom. The molecule has 2 saturated heterocycles. The first kappa shape index (κ1) is 23.5. The summed E-state index contributed by atoms with van der Waals surface area (Å²) in [7, 11) is 0. The maximum atomic E-state index is 12.8. The first-order valence-corrected chi connectivity index (χ1v) is 10.2. The van der Waals surface area contributed by atoms with E-state index in [4.69, 9.17) is 4.74 Å². The van der Waals surface area contributed by atoms with Gasteiger partial charge in [0.1, 0.15) is 5.52 Å². The highest BCUT2D eigenvalue weighted by molar-refractivity contribution is 5.96. The van der Waals surface area contributed by atoms with Crippen LogP contribution in [0.4, 0.5) is 0 Å². The number of hydrogen-bond acceptors (Lipinski definition) is 5. The Balaban J connectivity index is 0.00000136. The molecule has 166 valence electrons. The molecular weight excluding hydrogens is 437 g/mol. The van der Waals surface area contributed by atoms with Gasteiger partial charge in [-0.3, -0.25) is 4.79 Å². The van der Waals surface area contributed by atoms with Crippen molar-refractivity contribution in [3.05, 3.63) is 60.0 Å². The monoisotopic (exact) mass is 463 g/mol. The molecule has 1 unspecified atom stereocenters. The van der Waals surface area contributed by atoms with E-state index in [-0.39, 0.29) is 42.4 Å². The number of carbonyl (C=O) groups is 1. The SMILES string of the molecule is Cl.Cl.O=C(NC1COC2(CCNCC2)C1)c1cnc2c(c1)ncn2Cc1ccccc1. The zero-order valence-electron chi connectivity index (χ0n) is 17.1. The number of nitrogens with zero attached hydrogens (tertiary/aromatic N) is 3. The fourth-order valence-electron chi connectivity index (χ4n) is 4.41. The smallest absolute Gasteiger partial charge is 0.253 e. The molecule has 5 rings (SSSR count). The lowest BCUT2D eigenvalue weighted by atomic mass is 9.88. The van der Waals surface area contributed by atoms with Gasteiger partial charge >= 0.3 is 0 Å². The number of amides is 1. The number of halogens is 2. The Labute approximate surface area is 193 Å². The van der Waals surface area contributed by atoms with E-state index in [9.17, 15) is 4.79 Å². The Morgan fingerprint density at radius 2 is 1.97 bits per heavy atom. The number of piperidine rings is 1. The Kier molecular flexibility index (Phi) is 7.54. The number of carbonyl (C=O) groups excluding carboxylic acids is 1. The van der Waals surface area contributed by atoms with Gasteiger partial charge in [0.25, 0.3) is 5.91 Å². The van der Waals surface area contributed by atoms with Gasteiger partial charge in [0.05, 0.1) is 36.7 Å². The molecule has 1 aromatic carbocycles. The van der Waals surface area contributed by atoms with Gasteiger partial charge in [0.2, 0.25) is 0 Å². The number of nitrogens with one attached hydrogen (secondary N) is 2. The van der Waals surface area contributed by atoms with Crippen LogP contribution in [0.15, 0.2) is 48.9 Å². The number of ether oxygens (including phenoxy) is 1. The molecule has 0 radical (unpaired) electrons. The summed E-state index contributed by atoms with van der Waals surface area (Å²) in [5, 5.41) is 6.49. The summed E-state index contributed by atoms with van der Waals surface area (Å²) in [5.74, 6) is -0.114. The third-order valence-electron chi connectivity index (χ3n) is 5.97. The molecule has 1 atom stereocenters. The average Bonchev–Trinajstić information content (AvgIpc) is 3.33. The summed E-state index contributed by atoms with van der Waals surface area (Å²) >= 11 is 0. The highest BCUT2D eigenvalue weighted by Crippen LogP contribution is 2.34. The third-order valence-corrected chi connectivity index (χ3v) is 5.97. The quantitative estimate of drug-likeness (QED) is 0.621. The van der Waals surface area contributed by atoms with Crippen molar-refractivity contribution in [2.75, 3.05) is 19.7 Å². The highest BCUT2D eigenvalue weighted by Gasteiger charge is 2.41. The van der Waals surface area contributed by atoms with Crippen LogP contribution in [0.5, 0.6) is 0 Å². The van der Waals surface area contributed by atoms with Gasteiger partial charge in [-0.05, 0) is 44.0 Å². The Bertz CT molecular complexity index is 1020. The fraction of sp³-hybridized carbons (Fsp3) is 0.409. The van der Waals surface area contributed by atoms with Crippen LogP contribution in [-0.2, 0) is 11.3 Å². The Hall–Kier alpha value is -2.19. The summed E-state index contributed by atoms with van der Waals surface area (Å²) in [6, 6.07) is 12.1. The van der Waals surface area contributed by atoms with E-state index in [0.29, 0.717) is 18.7 Å². The van der Waals surface area contributed by atoms with Crippen molar-refractivity contribution in [1.29, 1.82) is 0 Å². The first-order chi connectivity index (χ1) is 14.2. The largest absolute Gasteiger partial charge is 0.373 e. The zero-order chi connectivity index (χ0) is 19.7. The van der Waals surface area contributed by atoms with Crippen molar-refractivity contribution in [2.24, 2.45) is 0 Å². The molecule has 0 aliphatic carbocycles. The van der Waals surface area contributed by atoms with E-state index < -0.39 is 0 Å². The summed E-state index contributed by atoms with van der Waals surface area (Å²) in [6.45, 7) is 3.24. The molecule has 0 bridgehead atoms. The third kappa shape index (κ3) is 5.01. The van der Waals surface area contributed by atoms with E-state index in [0.717, 1.165) is 43.5 Å². The number of rotatable bonds is 4. The van der Waals surface area contributed by atoms with E-state index in [1.165, 1.54) is 5.56 Å². The van der Waals surface area contributed by atoms with Crippen molar-refractivity contribution in [1.82, 2.24) is 25.2 Å². The number of fused-ring (bicyclic) bond motifs is 1. The van der Waals surface area contributed by atoms with E-state index in [1.807, 2.05) is 28.8 Å². The lowest BCUT2D eigenvalue weighted by Crippen LogP contribution is -2.43. The summed E-state index contributed by atoms with van der Waals surface area (Å²) < 4.78 is 8.07. The van der Waals surface area contributed by atoms with Gasteiger partial charge in [0, 0.05) is 6.20 Å². The van der Waals surface area contributed by atoms with Gasteiger partial charge < -0.3 is 19.9 Å². The van der Waals surface area contributed by atoms with Gasteiger partial charge in [-0.15, -0.1) is 24.8 Å².